The molecule has 0 aromatic carbocycles. The third kappa shape index (κ3) is 4.55. The normalized spacial score (nSPS) is 18.3. The molecule has 2 unspecified atom stereocenters. The minimum Gasteiger partial charge on any atom is -0.377 e. The summed E-state index contributed by atoms with van der Waals surface area (Å²) in [6.07, 6.45) is 5.74. The van der Waals surface area contributed by atoms with Crippen molar-refractivity contribution in [2.45, 2.75) is 45.3 Å². The molecule has 0 saturated heterocycles. The molecule has 0 aliphatic heterocycles. The fourth-order valence-electron chi connectivity index (χ4n) is 2.52. The number of nitrogens with one attached hydrogen (secondary N) is 1. The van der Waals surface area contributed by atoms with Crippen LogP contribution in [0.25, 0.3) is 0 Å². The zero-order valence-electron chi connectivity index (χ0n) is 11.7. The SMILES string of the molecule is CCNC(Cc1ccc(Br)cn1)C(OCC)C1CC1. The van der Waals surface area contributed by atoms with Crippen molar-refractivity contribution in [3.05, 3.63) is 28.5 Å². The Morgan fingerprint density at radius 1 is 1.42 bits per heavy atom. The molecule has 1 aliphatic carbocycles. The molecule has 1 aromatic heterocycles. The molecule has 4 heteroatoms. The standard InChI is InChI=1S/C15H23BrN2O/c1-3-17-14(15(19-4-2)11-5-6-11)9-13-8-7-12(16)10-18-13/h7-8,10-11,14-15,17H,3-6,9H2,1-2H3. The summed E-state index contributed by atoms with van der Waals surface area (Å²) in [7, 11) is 0. The second kappa shape index (κ2) is 7.36. The van der Waals surface area contributed by atoms with Gasteiger partial charge in [-0.05, 0) is 60.3 Å². The van der Waals surface area contributed by atoms with Crippen molar-refractivity contribution in [2.75, 3.05) is 13.2 Å². The lowest BCUT2D eigenvalue weighted by molar-refractivity contribution is 0.0194. The van der Waals surface area contributed by atoms with E-state index < -0.39 is 0 Å². The van der Waals surface area contributed by atoms with Crippen LogP contribution in [0, 0.1) is 5.92 Å². The van der Waals surface area contributed by atoms with Gasteiger partial charge in [-0.3, -0.25) is 4.98 Å². The Kier molecular flexibility index (Phi) is 5.79. The zero-order chi connectivity index (χ0) is 13.7. The van der Waals surface area contributed by atoms with Gasteiger partial charge >= 0.3 is 0 Å². The number of hydrogen-bond acceptors (Lipinski definition) is 3. The molecule has 0 spiro atoms. The highest BCUT2D eigenvalue weighted by atomic mass is 79.9. The van der Waals surface area contributed by atoms with E-state index in [2.05, 4.69) is 52.2 Å². The topological polar surface area (TPSA) is 34.2 Å². The predicted molar refractivity (Wildman–Crippen MR) is 81.2 cm³/mol. The molecule has 106 valence electrons. The number of nitrogens with zero attached hydrogens (tertiary/aromatic N) is 1. The number of pyridine rings is 1. The Morgan fingerprint density at radius 2 is 2.21 bits per heavy atom. The van der Waals surface area contributed by atoms with Crippen LogP contribution in [0.5, 0.6) is 0 Å². The molecule has 1 N–H and O–H groups in total. The summed E-state index contributed by atoms with van der Waals surface area (Å²) in [6.45, 7) is 5.99. The van der Waals surface area contributed by atoms with Crippen molar-refractivity contribution >= 4 is 15.9 Å². The van der Waals surface area contributed by atoms with Crippen LogP contribution < -0.4 is 5.32 Å². The number of halogens is 1. The Morgan fingerprint density at radius 3 is 2.74 bits per heavy atom. The van der Waals surface area contributed by atoms with E-state index in [-0.39, 0.29) is 0 Å². The first-order valence-electron chi connectivity index (χ1n) is 7.20. The number of rotatable bonds is 8. The van der Waals surface area contributed by atoms with Gasteiger partial charge in [0, 0.05) is 35.4 Å². The molecule has 1 heterocycles. The third-order valence-electron chi connectivity index (χ3n) is 3.53. The van der Waals surface area contributed by atoms with E-state index in [1.807, 2.05) is 6.20 Å². The van der Waals surface area contributed by atoms with Gasteiger partial charge in [-0.2, -0.15) is 0 Å². The molecular weight excluding hydrogens is 304 g/mol. The monoisotopic (exact) mass is 326 g/mol. The summed E-state index contributed by atoms with van der Waals surface area (Å²) in [5, 5.41) is 3.58. The molecule has 3 nitrogen and oxygen atoms in total. The second-order valence-corrected chi connectivity index (χ2v) is 6.01. The van der Waals surface area contributed by atoms with Gasteiger partial charge in [-0.15, -0.1) is 0 Å². The third-order valence-corrected chi connectivity index (χ3v) is 4.00. The van der Waals surface area contributed by atoms with Gasteiger partial charge in [0.05, 0.1) is 6.10 Å². The van der Waals surface area contributed by atoms with E-state index in [1.54, 1.807) is 0 Å². The summed E-state index contributed by atoms with van der Waals surface area (Å²) in [5.41, 5.74) is 1.12. The second-order valence-electron chi connectivity index (χ2n) is 5.09. The van der Waals surface area contributed by atoms with Crippen LogP contribution in [0.2, 0.25) is 0 Å². The van der Waals surface area contributed by atoms with E-state index in [9.17, 15) is 0 Å². The minimum absolute atomic E-state index is 0.329. The van der Waals surface area contributed by atoms with Crippen LogP contribution in [-0.2, 0) is 11.2 Å². The highest BCUT2D eigenvalue weighted by molar-refractivity contribution is 9.10. The summed E-state index contributed by atoms with van der Waals surface area (Å²) >= 11 is 3.43. The average Bonchev–Trinajstić information content (AvgIpc) is 3.22. The van der Waals surface area contributed by atoms with E-state index in [4.69, 9.17) is 4.74 Å². The van der Waals surface area contributed by atoms with E-state index in [1.165, 1.54) is 12.8 Å². The minimum atomic E-state index is 0.329. The highest BCUT2D eigenvalue weighted by Crippen LogP contribution is 2.36. The largest absolute Gasteiger partial charge is 0.377 e. The Bertz CT molecular complexity index is 378. The number of aromatic nitrogens is 1. The van der Waals surface area contributed by atoms with Crippen molar-refractivity contribution in [3.63, 3.8) is 0 Å². The van der Waals surface area contributed by atoms with Crippen molar-refractivity contribution in [2.24, 2.45) is 5.92 Å². The van der Waals surface area contributed by atoms with E-state index >= 15 is 0 Å². The molecule has 0 amide bonds. The van der Waals surface area contributed by atoms with Gasteiger partial charge < -0.3 is 10.1 Å². The van der Waals surface area contributed by atoms with Crippen molar-refractivity contribution in [1.29, 1.82) is 0 Å². The van der Waals surface area contributed by atoms with Crippen molar-refractivity contribution in [3.8, 4) is 0 Å². The van der Waals surface area contributed by atoms with Gasteiger partial charge in [-0.25, -0.2) is 0 Å². The summed E-state index contributed by atoms with van der Waals surface area (Å²) in [4.78, 5) is 4.48. The summed E-state index contributed by atoms with van der Waals surface area (Å²) in [5.74, 6) is 0.736. The molecule has 19 heavy (non-hydrogen) atoms. The van der Waals surface area contributed by atoms with Gasteiger partial charge in [0.1, 0.15) is 0 Å². The molecule has 0 radical (unpaired) electrons. The lowest BCUT2D eigenvalue weighted by Crippen LogP contribution is -2.44. The van der Waals surface area contributed by atoms with Crippen LogP contribution in [0.3, 0.4) is 0 Å². The average molecular weight is 327 g/mol. The Hall–Kier alpha value is -0.450. The predicted octanol–water partition coefficient (Wildman–Crippen LogP) is 3.18. The molecule has 1 aliphatic rings. The first kappa shape index (κ1) is 14.9. The maximum atomic E-state index is 5.98. The van der Waals surface area contributed by atoms with Gasteiger partial charge in [0.2, 0.25) is 0 Å². The zero-order valence-corrected chi connectivity index (χ0v) is 13.3. The van der Waals surface area contributed by atoms with E-state index in [0.29, 0.717) is 12.1 Å². The molecular formula is C15H23BrN2O. The number of likely N-dealkylation sites (N-methyl/N-ethyl adjacent to an activating group) is 1. The molecule has 1 fully saturated rings. The van der Waals surface area contributed by atoms with Crippen LogP contribution >= 0.6 is 15.9 Å². The van der Waals surface area contributed by atoms with Crippen molar-refractivity contribution in [1.82, 2.24) is 10.3 Å². The maximum absolute atomic E-state index is 5.98. The smallest absolute Gasteiger partial charge is 0.0759 e. The summed E-state index contributed by atoms with van der Waals surface area (Å²) in [6, 6.07) is 4.51. The van der Waals surface area contributed by atoms with Crippen LogP contribution in [0.15, 0.2) is 22.8 Å². The maximum Gasteiger partial charge on any atom is 0.0759 e. The Balaban J connectivity index is 2.03. The molecule has 2 atom stereocenters. The molecule has 0 bridgehead atoms. The van der Waals surface area contributed by atoms with E-state index in [0.717, 1.165) is 35.7 Å². The molecule has 1 aromatic rings. The number of ether oxygens (including phenoxy) is 1. The van der Waals surface area contributed by atoms with Crippen LogP contribution in [0.4, 0.5) is 0 Å². The fraction of sp³-hybridized carbons (Fsp3) is 0.667. The molecule has 1 saturated carbocycles. The highest BCUT2D eigenvalue weighted by Gasteiger charge is 2.37. The Labute approximate surface area is 124 Å². The van der Waals surface area contributed by atoms with Gasteiger partial charge in [0.15, 0.2) is 0 Å². The number of hydrogen-bond donors (Lipinski definition) is 1. The first-order chi connectivity index (χ1) is 9.24. The first-order valence-corrected chi connectivity index (χ1v) is 7.99. The summed E-state index contributed by atoms with van der Waals surface area (Å²) < 4.78 is 7.00. The molecule has 2 rings (SSSR count). The van der Waals surface area contributed by atoms with Crippen LogP contribution in [-0.4, -0.2) is 30.3 Å². The lowest BCUT2D eigenvalue weighted by Gasteiger charge is -2.27. The van der Waals surface area contributed by atoms with Gasteiger partial charge in [-0.1, -0.05) is 6.92 Å². The van der Waals surface area contributed by atoms with Crippen LogP contribution in [0.1, 0.15) is 32.4 Å². The lowest BCUT2D eigenvalue weighted by atomic mass is 10.0. The van der Waals surface area contributed by atoms with Gasteiger partial charge in [0.25, 0.3) is 0 Å². The van der Waals surface area contributed by atoms with Crippen molar-refractivity contribution < 1.29 is 4.74 Å². The quantitative estimate of drug-likeness (QED) is 0.796. The fourth-order valence-corrected chi connectivity index (χ4v) is 2.75.